The van der Waals surface area contributed by atoms with Crippen molar-refractivity contribution in [3.8, 4) is 0 Å². The Morgan fingerprint density at radius 3 is 2.52 bits per heavy atom. The Morgan fingerprint density at radius 2 is 1.83 bits per heavy atom. The lowest BCUT2D eigenvalue weighted by atomic mass is 10.2. The summed E-state index contributed by atoms with van der Waals surface area (Å²) in [5, 5.41) is 0. The van der Waals surface area contributed by atoms with Gasteiger partial charge in [-0.25, -0.2) is 0 Å². The smallest absolute Gasteiger partial charge is 0.222 e. The van der Waals surface area contributed by atoms with Crippen LogP contribution in [0.2, 0.25) is 0 Å². The van der Waals surface area contributed by atoms with E-state index in [1.165, 1.54) is 11.3 Å². The normalized spacial score (nSPS) is 10.7. The van der Waals surface area contributed by atoms with Crippen LogP contribution in [0.4, 0.5) is 0 Å². The first kappa shape index (κ1) is 17.3. The van der Waals surface area contributed by atoms with Gasteiger partial charge in [0.25, 0.3) is 0 Å². The summed E-state index contributed by atoms with van der Waals surface area (Å²) in [5.41, 5.74) is 2.48. The molecule has 1 heterocycles. The van der Waals surface area contributed by atoms with E-state index in [-0.39, 0.29) is 5.91 Å². The number of rotatable bonds is 9. The highest BCUT2D eigenvalue weighted by molar-refractivity contribution is 5.76. The summed E-state index contributed by atoms with van der Waals surface area (Å²) >= 11 is 0. The average molecular weight is 312 g/mol. The summed E-state index contributed by atoms with van der Waals surface area (Å²) in [5.74, 6) is 0.279. The fraction of sp³-hybridized carbons (Fsp3) is 0.450. The van der Waals surface area contributed by atoms with Gasteiger partial charge in [0.1, 0.15) is 0 Å². The number of hydrogen-bond donors (Lipinski definition) is 0. The summed E-state index contributed by atoms with van der Waals surface area (Å²) < 4.78 is 2.24. The molecule has 3 nitrogen and oxygen atoms in total. The molecular formula is C20H28N2O. The zero-order valence-electron chi connectivity index (χ0n) is 14.4. The van der Waals surface area contributed by atoms with E-state index in [0.717, 1.165) is 32.4 Å². The van der Waals surface area contributed by atoms with Gasteiger partial charge in [-0.2, -0.15) is 0 Å². The second-order valence-electron chi connectivity index (χ2n) is 6.03. The summed E-state index contributed by atoms with van der Waals surface area (Å²) in [6, 6.07) is 14.6. The topological polar surface area (TPSA) is 25.2 Å². The average Bonchev–Trinajstić information content (AvgIpc) is 3.00. The van der Waals surface area contributed by atoms with Gasteiger partial charge in [0, 0.05) is 31.4 Å². The van der Waals surface area contributed by atoms with E-state index in [1.54, 1.807) is 0 Å². The third-order valence-corrected chi connectivity index (χ3v) is 4.06. The Morgan fingerprint density at radius 1 is 1.04 bits per heavy atom. The Labute approximate surface area is 139 Å². The van der Waals surface area contributed by atoms with E-state index in [0.29, 0.717) is 13.0 Å². The van der Waals surface area contributed by atoms with Crippen LogP contribution in [0.25, 0.3) is 0 Å². The standard InChI is InChI=1S/C20H28N2O/c1-3-5-13-20(23)22(14-4-2)17-19-12-9-15-21(19)16-18-10-7-6-8-11-18/h6-12,15H,3-5,13-14,16-17H2,1-2H3. The molecule has 0 unspecified atom stereocenters. The van der Waals surface area contributed by atoms with E-state index in [9.17, 15) is 4.79 Å². The lowest BCUT2D eigenvalue weighted by Gasteiger charge is -2.23. The molecular weight excluding hydrogens is 284 g/mol. The summed E-state index contributed by atoms with van der Waals surface area (Å²) in [4.78, 5) is 14.4. The van der Waals surface area contributed by atoms with Gasteiger partial charge in [-0.1, -0.05) is 50.6 Å². The predicted octanol–water partition coefficient (Wildman–Crippen LogP) is 4.47. The van der Waals surface area contributed by atoms with Gasteiger partial charge in [0.15, 0.2) is 0 Å². The highest BCUT2D eigenvalue weighted by Crippen LogP contribution is 2.12. The monoisotopic (exact) mass is 312 g/mol. The summed E-state index contributed by atoms with van der Waals surface area (Å²) in [7, 11) is 0. The van der Waals surface area contributed by atoms with Crippen molar-refractivity contribution in [3.63, 3.8) is 0 Å². The molecule has 1 amide bonds. The lowest BCUT2D eigenvalue weighted by molar-refractivity contribution is -0.132. The van der Waals surface area contributed by atoms with Crippen LogP contribution < -0.4 is 0 Å². The zero-order valence-corrected chi connectivity index (χ0v) is 14.4. The number of nitrogens with zero attached hydrogens (tertiary/aromatic N) is 2. The van der Waals surface area contributed by atoms with Crippen molar-refractivity contribution in [1.29, 1.82) is 0 Å². The third kappa shape index (κ3) is 5.27. The quantitative estimate of drug-likeness (QED) is 0.671. The molecule has 0 N–H and O–H groups in total. The molecule has 3 heteroatoms. The van der Waals surface area contributed by atoms with Gasteiger partial charge < -0.3 is 9.47 Å². The van der Waals surface area contributed by atoms with Crippen molar-refractivity contribution in [3.05, 3.63) is 59.9 Å². The molecule has 0 radical (unpaired) electrons. The molecule has 1 aromatic heterocycles. The third-order valence-electron chi connectivity index (χ3n) is 4.06. The predicted molar refractivity (Wildman–Crippen MR) is 95.2 cm³/mol. The Balaban J connectivity index is 2.05. The molecule has 0 saturated carbocycles. The van der Waals surface area contributed by atoms with E-state index < -0.39 is 0 Å². The maximum absolute atomic E-state index is 12.4. The minimum Gasteiger partial charge on any atom is -0.345 e. The van der Waals surface area contributed by atoms with Gasteiger partial charge >= 0.3 is 0 Å². The van der Waals surface area contributed by atoms with Crippen LogP contribution in [0.5, 0.6) is 0 Å². The largest absolute Gasteiger partial charge is 0.345 e. The summed E-state index contributed by atoms with van der Waals surface area (Å²) in [6.45, 7) is 6.65. The second-order valence-corrected chi connectivity index (χ2v) is 6.03. The number of amides is 1. The van der Waals surface area contributed by atoms with Crippen LogP contribution in [0.3, 0.4) is 0 Å². The maximum Gasteiger partial charge on any atom is 0.222 e. The number of aromatic nitrogens is 1. The van der Waals surface area contributed by atoms with E-state index >= 15 is 0 Å². The van der Waals surface area contributed by atoms with Gasteiger partial charge in [0.05, 0.1) is 6.54 Å². The van der Waals surface area contributed by atoms with Gasteiger partial charge in [0.2, 0.25) is 5.91 Å². The Bertz CT molecular complexity index is 589. The molecule has 0 bridgehead atoms. The van der Waals surface area contributed by atoms with Crippen molar-refractivity contribution < 1.29 is 4.79 Å². The zero-order chi connectivity index (χ0) is 16.5. The van der Waals surface area contributed by atoms with Gasteiger partial charge in [-0.3, -0.25) is 4.79 Å². The van der Waals surface area contributed by atoms with Gasteiger partial charge in [-0.05, 0) is 30.5 Å². The van der Waals surface area contributed by atoms with Crippen LogP contribution >= 0.6 is 0 Å². The second kappa shape index (κ2) is 9.19. The molecule has 0 aliphatic heterocycles. The fourth-order valence-electron chi connectivity index (χ4n) is 2.77. The minimum absolute atomic E-state index is 0.279. The van der Waals surface area contributed by atoms with E-state index in [2.05, 4.69) is 61.0 Å². The van der Waals surface area contributed by atoms with E-state index in [4.69, 9.17) is 0 Å². The number of carbonyl (C=O) groups is 1. The van der Waals surface area contributed by atoms with Crippen LogP contribution in [0.15, 0.2) is 48.7 Å². The first-order valence-electron chi connectivity index (χ1n) is 8.70. The first-order valence-corrected chi connectivity index (χ1v) is 8.70. The highest BCUT2D eigenvalue weighted by Gasteiger charge is 2.14. The highest BCUT2D eigenvalue weighted by atomic mass is 16.2. The van der Waals surface area contributed by atoms with Crippen molar-refractivity contribution in [2.24, 2.45) is 0 Å². The molecule has 0 aliphatic rings. The number of unbranched alkanes of at least 4 members (excludes halogenated alkanes) is 1. The molecule has 0 aliphatic carbocycles. The molecule has 2 aromatic rings. The summed E-state index contributed by atoms with van der Waals surface area (Å²) in [6.07, 6.45) is 5.80. The molecule has 0 fully saturated rings. The number of carbonyl (C=O) groups excluding carboxylic acids is 1. The minimum atomic E-state index is 0.279. The van der Waals surface area contributed by atoms with Crippen molar-refractivity contribution in [2.45, 2.75) is 52.6 Å². The van der Waals surface area contributed by atoms with Crippen molar-refractivity contribution >= 4 is 5.91 Å². The molecule has 1 aromatic carbocycles. The molecule has 0 saturated heterocycles. The molecule has 124 valence electrons. The van der Waals surface area contributed by atoms with Crippen LogP contribution in [-0.2, 0) is 17.9 Å². The van der Waals surface area contributed by atoms with E-state index in [1.807, 2.05) is 11.0 Å². The van der Waals surface area contributed by atoms with Crippen LogP contribution in [-0.4, -0.2) is 21.9 Å². The molecule has 2 rings (SSSR count). The molecule has 0 spiro atoms. The Kier molecular flexibility index (Phi) is 6.92. The number of hydrogen-bond acceptors (Lipinski definition) is 1. The van der Waals surface area contributed by atoms with Crippen molar-refractivity contribution in [2.75, 3.05) is 6.54 Å². The SMILES string of the molecule is CCCCC(=O)N(CCC)Cc1cccn1Cc1ccccc1. The fourth-order valence-corrected chi connectivity index (χ4v) is 2.77. The van der Waals surface area contributed by atoms with Crippen molar-refractivity contribution in [1.82, 2.24) is 9.47 Å². The molecule has 23 heavy (non-hydrogen) atoms. The van der Waals surface area contributed by atoms with Gasteiger partial charge in [-0.15, -0.1) is 0 Å². The Hall–Kier alpha value is -2.03. The van der Waals surface area contributed by atoms with Crippen LogP contribution in [0, 0.1) is 0 Å². The van der Waals surface area contributed by atoms with Crippen LogP contribution in [0.1, 0.15) is 50.8 Å². The molecule has 0 atom stereocenters. The lowest BCUT2D eigenvalue weighted by Crippen LogP contribution is -2.32. The maximum atomic E-state index is 12.4. The first-order chi connectivity index (χ1) is 11.2. The number of benzene rings is 1.